The first kappa shape index (κ1) is 13.7. The highest BCUT2D eigenvalue weighted by Gasteiger charge is 2.39. The highest BCUT2D eigenvalue weighted by Crippen LogP contribution is 2.48. The van der Waals surface area contributed by atoms with Gasteiger partial charge in [0.15, 0.2) is 11.6 Å². The molecule has 0 N–H and O–H groups in total. The molecule has 5 heteroatoms. The summed E-state index contributed by atoms with van der Waals surface area (Å²) in [5.41, 5.74) is 1.57. The first-order valence-electron chi connectivity index (χ1n) is 6.99. The van der Waals surface area contributed by atoms with Crippen molar-refractivity contribution in [3.05, 3.63) is 23.8 Å². The van der Waals surface area contributed by atoms with Crippen LogP contribution in [0, 0.1) is 11.7 Å². The molecule has 1 heterocycles. The van der Waals surface area contributed by atoms with Crippen LogP contribution in [-0.4, -0.2) is 16.7 Å². The number of hydrogen-bond donors (Lipinski definition) is 0. The first-order chi connectivity index (χ1) is 9.69. The fourth-order valence-corrected chi connectivity index (χ4v) is 3.18. The molecule has 1 saturated carbocycles. The molecule has 0 saturated heterocycles. The Morgan fingerprint density at radius 3 is 2.95 bits per heavy atom. The summed E-state index contributed by atoms with van der Waals surface area (Å²) in [6.07, 6.45) is 3.55. The van der Waals surface area contributed by atoms with Crippen LogP contribution in [-0.2, 0) is 5.88 Å². The van der Waals surface area contributed by atoms with Gasteiger partial charge < -0.3 is 9.30 Å². The van der Waals surface area contributed by atoms with E-state index in [1.165, 1.54) is 26.0 Å². The van der Waals surface area contributed by atoms with E-state index < -0.39 is 0 Å². The van der Waals surface area contributed by atoms with Crippen LogP contribution < -0.4 is 4.74 Å². The molecule has 1 aromatic heterocycles. The Morgan fingerprint density at radius 2 is 2.30 bits per heavy atom. The van der Waals surface area contributed by atoms with Crippen LogP contribution >= 0.6 is 11.6 Å². The van der Waals surface area contributed by atoms with Crippen molar-refractivity contribution in [1.29, 1.82) is 0 Å². The minimum absolute atomic E-state index is 0.257. The van der Waals surface area contributed by atoms with Crippen molar-refractivity contribution in [2.24, 2.45) is 5.92 Å². The second kappa shape index (κ2) is 5.24. The lowest BCUT2D eigenvalue weighted by Gasteiger charge is -2.08. The van der Waals surface area contributed by atoms with Gasteiger partial charge in [0.1, 0.15) is 5.82 Å². The molecule has 1 aliphatic carbocycles. The van der Waals surface area contributed by atoms with Crippen LogP contribution in [0.2, 0.25) is 0 Å². The first-order valence-corrected chi connectivity index (χ1v) is 7.53. The predicted octanol–water partition coefficient (Wildman–Crippen LogP) is 4.28. The number of aromatic nitrogens is 2. The number of ether oxygens (including phenoxy) is 1. The quantitative estimate of drug-likeness (QED) is 0.770. The molecule has 1 aliphatic rings. The smallest absolute Gasteiger partial charge is 0.167 e. The molecule has 2 atom stereocenters. The van der Waals surface area contributed by atoms with E-state index in [1.807, 2.05) is 0 Å². The lowest BCUT2D eigenvalue weighted by molar-refractivity contribution is 0.387. The van der Waals surface area contributed by atoms with Gasteiger partial charge in [0.2, 0.25) is 0 Å². The standard InChI is InChI=1S/C15H18ClFN2O/c1-3-4-9-5-12(9)19-13-7-14(20-2)10(17)6-11(13)18-15(19)8-16/h6-7,9,12H,3-5,8H2,1-2H3. The number of benzene rings is 1. The summed E-state index contributed by atoms with van der Waals surface area (Å²) >= 11 is 6.01. The molecule has 108 valence electrons. The Labute approximate surface area is 122 Å². The number of rotatable bonds is 5. The maximum Gasteiger partial charge on any atom is 0.167 e. The molecule has 2 aromatic rings. The summed E-state index contributed by atoms with van der Waals surface area (Å²) in [7, 11) is 1.48. The van der Waals surface area contributed by atoms with Gasteiger partial charge in [-0.3, -0.25) is 0 Å². The zero-order valence-electron chi connectivity index (χ0n) is 11.7. The summed E-state index contributed by atoms with van der Waals surface area (Å²) in [5, 5.41) is 0. The van der Waals surface area contributed by atoms with E-state index in [4.69, 9.17) is 16.3 Å². The summed E-state index contributed by atoms with van der Waals surface area (Å²) in [6, 6.07) is 3.61. The maximum atomic E-state index is 13.8. The average molecular weight is 297 g/mol. The Balaban J connectivity index is 2.09. The van der Waals surface area contributed by atoms with Gasteiger partial charge in [0.05, 0.1) is 24.0 Å². The molecule has 0 spiro atoms. The molecule has 0 radical (unpaired) electrons. The lowest BCUT2D eigenvalue weighted by atomic mass is 10.2. The molecular formula is C15H18ClFN2O. The van der Waals surface area contributed by atoms with E-state index in [0.29, 0.717) is 23.4 Å². The van der Waals surface area contributed by atoms with Gasteiger partial charge in [-0.15, -0.1) is 11.6 Å². The monoisotopic (exact) mass is 296 g/mol. The number of fused-ring (bicyclic) bond motifs is 1. The van der Waals surface area contributed by atoms with Gasteiger partial charge in [0, 0.05) is 18.2 Å². The molecule has 0 aliphatic heterocycles. The van der Waals surface area contributed by atoms with Gasteiger partial charge in [-0.25, -0.2) is 9.37 Å². The molecule has 2 unspecified atom stereocenters. The number of alkyl halides is 1. The second-order valence-corrected chi connectivity index (χ2v) is 5.63. The molecular weight excluding hydrogens is 279 g/mol. The summed E-state index contributed by atoms with van der Waals surface area (Å²) in [4.78, 5) is 4.46. The Bertz CT molecular complexity index is 640. The molecule has 0 bridgehead atoms. The third kappa shape index (κ3) is 2.16. The normalized spacial score (nSPS) is 21.4. The maximum absolute atomic E-state index is 13.8. The van der Waals surface area contributed by atoms with E-state index in [1.54, 1.807) is 6.07 Å². The molecule has 1 fully saturated rings. The fourth-order valence-electron chi connectivity index (χ4n) is 3.00. The molecule has 3 rings (SSSR count). The van der Waals surface area contributed by atoms with Crippen LogP contribution in [0.5, 0.6) is 5.75 Å². The van der Waals surface area contributed by atoms with Crippen LogP contribution in [0.1, 0.15) is 38.1 Å². The highest BCUT2D eigenvalue weighted by molar-refractivity contribution is 6.16. The lowest BCUT2D eigenvalue weighted by Crippen LogP contribution is -2.01. The van der Waals surface area contributed by atoms with Crippen molar-refractivity contribution >= 4 is 22.6 Å². The number of imidazole rings is 1. The van der Waals surface area contributed by atoms with E-state index in [-0.39, 0.29) is 11.6 Å². The van der Waals surface area contributed by atoms with E-state index in [2.05, 4.69) is 16.5 Å². The van der Waals surface area contributed by atoms with Crippen molar-refractivity contribution in [2.45, 2.75) is 38.1 Å². The summed E-state index contributed by atoms with van der Waals surface area (Å²) < 4.78 is 21.0. The van der Waals surface area contributed by atoms with Crippen molar-refractivity contribution in [3.8, 4) is 5.75 Å². The number of methoxy groups -OCH3 is 1. The third-order valence-electron chi connectivity index (χ3n) is 4.03. The molecule has 3 nitrogen and oxygen atoms in total. The van der Waals surface area contributed by atoms with Crippen molar-refractivity contribution in [2.75, 3.05) is 7.11 Å². The van der Waals surface area contributed by atoms with E-state index in [9.17, 15) is 4.39 Å². The Hall–Kier alpha value is -1.29. The van der Waals surface area contributed by atoms with Gasteiger partial charge in [-0.2, -0.15) is 0 Å². The van der Waals surface area contributed by atoms with E-state index >= 15 is 0 Å². The second-order valence-electron chi connectivity index (χ2n) is 5.36. The molecule has 0 amide bonds. The highest BCUT2D eigenvalue weighted by atomic mass is 35.5. The SMILES string of the molecule is CCCC1CC1n1c(CCl)nc2cc(F)c(OC)cc21. The van der Waals surface area contributed by atoms with Crippen LogP contribution in [0.25, 0.3) is 11.0 Å². The van der Waals surface area contributed by atoms with Gasteiger partial charge in [-0.1, -0.05) is 13.3 Å². The Morgan fingerprint density at radius 1 is 1.50 bits per heavy atom. The number of hydrogen-bond acceptors (Lipinski definition) is 2. The van der Waals surface area contributed by atoms with Gasteiger partial charge in [0.25, 0.3) is 0 Å². The molecule has 1 aromatic carbocycles. The van der Waals surface area contributed by atoms with Crippen LogP contribution in [0.4, 0.5) is 4.39 Å². The zero-order chi connectivity index (χ0) is 14.3. The topological polar surface area (TPSA) is 27.1 Å². The minimum atomic E-state index is -0.383. The van der Waals surface area contributed by atoms with Crippen LogP contribution in [0.15, 0.2) is 12.1 Å². The summed E-state index contributed by atoms with van der Waals surface area (Å²) in [6.45, 7) is 2.20. The van der Waals surface area contributed by atoms with Crippen molar-refractivity contribution in [1.82, 2.24) is 9.55 Å². The van der Waals surface area contributed by atoms with Crippen LogP contribution in [0.3, 0.4) is 0 Å². The minimum Gasteiger partial charge on any atom is -0.494 e. The van der Waals surface area contributed by atoms with Gasteiger partial charge in [-0.05, 0) is 18.8 Å². The Kier molecular flexibility index (Phi) is 3.59. The van der Waals surface area contributed by atoms with Gasteiger partial charge >= 0.3 is 0 Å². The average Bonchev–Trinajstić information content (AvgIpc) is 3.10. The predicted molar refractivity (Wildman–Crippen MR) is 77.9 cm³/mol. The largest absolute Gasteiger partial charge is 0.494 e. The van der Waals surface area contributed by atoms with Crippen molar-refractivity contribution in [3.63, 3.8) is 0 Å². The number of halogens is 2. The summed E-state index contributed by atoms with van der Waals surface area (Å²) in [5.74, 6) is 1.72. The fraction of sp³-hybridized carbons (Fsp3) is 0.533. The molecule has 20 heavy (non-hydrogen) atoms. The van der Waals surface area contributed by atoms with Crippen molar-refractivity contribution < 1.29 is 9.13 Å². The zero-order valence-corrected chi connectivity index (χ0v) is 12.5. The number of nitrogens with zero attached hydrogens (tertiary/aromatic N) is 2. The third-order valence-corrected chi connectivity index (χ3v) is 4.27. The van der Waals surface area contributed by atoms with E-state index in [0.717, 1.165) is 17.8 Å².